The molecule has 1 aliphatic rings. The van der Waals surface area contributed by atoms with Gasteiger partial charge in [-0.2, -0.15) is 0 Å². The monoisotopic (exact) mass is 376 g/mol. The maximum Gasteiger partial charge on any atom is 0.360 e. The van der Waals surface area contributed by atoms with Crippen LogP contribution >= 0.6 is 0 Å². The van der Waals surface area contributed by atoms with Crippen molar-refractivity contribution in [3.8, 4) is 5.75 Å². The van der Waals surface area contributed by atoms with E-state index >= 15 is 0 Å². The van der Waals surface area contributed by atoms with Crippen molar-refractivity contribution < 1.29 is 24.2 Å². The third kappa shape index (κ3) is 3.56. The maximum absolute atomic E-state index is 12.6. The van der Waals surface area contributed by atoms with E-state index in [1.54, 1.807) is 13.0 Å². The van der Waals surface area contributed by atoms with Gasteiger partial charge in [-0.1, -0.05) is 6.92 Å². The predicted octanol–water partition coefficient (Wildman–Crippen LogP) is 0.372. The van der Waals surface area contributed by atoms with Crippen LogP contribution in [0, 0.1) is 0 Å². The second kappa shape index (κ2) is 7.62. The van der Waals surface area contributed by atoms with Crippen LogP contribution in [0.3, 0.4) is 0 Å². The van der Waals surface area contributed by atoms with Gasteiger partial charge in [-0.3, -0.25) is 14.0 Å². The van der Waals surface area contributed by atoms with Gasteiger partial charge in [-0.05, 0) is 6.07 Å². The van der Waals surface area contributed by atoms with Crippen molar-refractivity contribution in [1.29, 1.82) is 0 Å². The van der Waals surface area contributed by atoms with Crippen LogP contribution in [0.2, 0.25) is 0 Å². The van der Waals surface area contributed by atoms with Gasteiger partial charge in [-0.15, -0.1) is 0 Å². The number of carbonyl (C=O) groups is 2. The third-order valence-corrected chi connectivity index (χ3v) is 4.24. The zero-order valence-corrected chi connectivity index (χ0v) is 15.0. The number of amides is 1. The number of rotatable bonds is 4. The van der Waals surface area contributed by atoms with Crippen LogP contribution < -0.4 is 15.8 Å². The average molecular weight is 376 g/mol. The van der Waals surface area contributed by atoms with Crippen molar-refractivity contribution in [2.24, 2.45) is 0 Å². The van der Waals surface area contributed by atoms with Gasteiger partial charge in [0.2, 0.25) is 11.7 Å². The molecule has 10 nitrogen and oxygen atoms in total. The Hall–Kier alpha value is -3.14. The second-order valence-electron chi connectivity index (χ2n) is 5.91. The minimum absolute atomic E-state index is 0.0389. The summed E-state index contributed by atoms with van der Waals surface area (Å²) in [4.78, 5) is 42.4. The number of carbonyl (C=O) groups excluding carboxylic acids is 2. The second-order valence-corrected chi connectivity index (χ2v) is 5.91. The van der Waals surface area contributed by atoms with Crippen LogP contribution in [0.4, 0.5) is 11.4 Å². The fourth-order valence-electron chi connectivity index (χ4n) is 2.78. The molecule has 0 saturated carbocycles. The number of nitrogens with one attached hydrogen (secondary N) is 1. The molecule has 144 valence electrons. The molecule has 1 amide bonds. The summed E-state index contributed by atoms with van der Waals surface area (Å²) in [5.74, 6) is -2.04. The Kier molecular flexibility index (Phi) is 5.26. The first-order valence-electron chi connectivity index (χ1n) is 8.46. The number of aromatic nitrogens is 2. The van der Waals surface area contributed by atoms with Crippen LogP contribution in [0.15, 0.2) is 17.1 Å². The lowest BCUT2D eigenvalue weighted by Gasteiger charge is -2.29. The van der Waals surface area contributed by atoms with Gasteiger partial charge in [0.25, 0.3) is 0 Å². The molecule has 1 aliphatic heterocycles. The number of hydrogen-bond acceptors (Lipinski definition) is 8. The van der Waals surface area contributed by atoms with Crippen LogP contribution in [-0.2, 0) is 14.3 Å². The van der Waals surface area contributed by atoms with Crippen molar-refractivity contribution >= 4 is 28.9 Å². The van der Waals surface area contributed by atoms with E-state index < -0.39 is 23.0 Å². The summed E-state index contributed by atoms with van der Waals surface area (Å²) >= 11 is 0. The first-order chi connectivity index (χ1) is 13.0. The van der Waals surface area contributed by atoms with Gasteiger partial charge in [-0.25, -0.2) is 9.78 Å². The Morgan fingerprint density at radius 1 is 1.37 bits per heavy atom. The molecular formula is C17H20N4O6. The molecule has 0 unspecified atom stereocenters. The van der Waals surface area contributed by atoms with Crippen LogP contribution in [0.25, 0.3) is 5.65 Å². The number of nitrogens with zero attached hydrogens (tertiary/aromatic N) is 3. The third-order valence-electron chi connectivity index (χ3n) is 4.24. The zero-order valence-electron chi connectivity index (χ0n) is 15.0. The molecule has 3 heterocycles. The smallest absolute Gasteiger partial charge is 0.360 e. The van der Waals surface area contributed by atoms with E-state index in [1.165, 1.54) is 6.20 Å². The molecule has 2 N–H and O–H groups in total. The van der Waals surface area contributed by atoms with Gasteiger partial charge in [0.15, 0.2) is 11.3 Å². The van der Waals surface area contributed by atoms with Gasteiger partial charge >= 0.3 is 11.5 Å². The van der Waals surface area contributed by atoms with Crippen molar-refractivity contribution in [2.75, 3.05) is 43.6 Å². The van der Waals surface area contributed by atoms with Gasteiger partial charge in [0.05, 0.1) is 31.7 Å². The normalized spacial score (nSPS) is 14.2. The molecule has 10 heteroatoms. The fourth-order valence-corrected chi connectivity index (χ4v) is 2.78. The van der Waals surface area contributed by atoms with E-state index in [-0.39, 0.29) is 23.7 Å². The molecule has 0 spiro atoms. The van der Waals surface area contributed by atoms with E-state index in [4.69, 9.17) is 4.74 Å². The standard InChI is InChI=1S/C17H20N4O6/c1-3-12(22)18-11-8-10(20-4-6-27-7-5-20)9-21-15(11)19-13(17(25)26-2)14(23)16(21)24/h8-9,23H,3-7H2,1-2H3,(H,18,22). The molecule has 0 atom stereocenters. The predicted molar refractivity (Wildman–Crippen MR) is 96.4 cm³/mol. The van der Waals surface area contributed by atoms with E-state index in [1.807, 2.05) is 4.90 Å². The summed E-state index contributed by atoms with van der Waals surface area (Å²) in [5, 5.41) is 12.8. The number of hydrogen-bond donors (Lipinski definition) is 2. The van der Waals surface area contributed by atoms with Gasteiger partial charge < -0.3 is 24.8 Å². The lowest BCUT2D eigenvalue weighted by atomic mass is 10.2. The maximum atomic E-state index is 12.6. The fraction of sp³-hybridized carbons (Fsp3) is 0.412. The Morgan fingerprint density at radius 2 is 2.07 bits per heavy atom. The SMILES string of the molecule is CCC(=O)Nc1cc(N2CCOCC2)cn2c(=O)c(O)c(C(=O)OC)nc12. The van der Waals surface area contributed by atoms with Crippen molar-refractivity contribution in [2.45, 2.75) is 13.3 Å². The molecular weight excluding hydrogens is 356 g/mol. The first kappa shape index (κ1) is 18.6. The minimum Gasteiger partial charge on any atom is -0.501 e. The molecule has 2 aromatic rings. The van der Waals surface area contributed by atoms with E-state index in [9.17, 15) is 19.5 Å². The van der Waals surface area contributed by atoms with Gasteiger partial charge in [0, 0.05) is 25.7 Å². The van der Waals surface area contributed by atoms with E-state index in [0.717, 1.165) is 11.5 Å². The number of ether oxygens (including phenoxy) is 2. The molecule has 0 aromatic carbocycles. The minimum atomic E-state index is -0.947. The molecule has 3 rings (SSSR count). The molecule has 0 radical (unpaired) electrons. The van der Waals surface area contributed by atoms with Crippen LogP contribution in [0.5, 0.6) is 5.75 Å². The molecule has 1 saturated heterocycles. The number of esters is 1. The number of anilines is 2. The quantitative estimate of drug-likeness (QED) is 0.734. The highest BCUT2D eigenvalue weighted by Crippen LogP contribution is 2.25. The lowest BCUT2D eigenvalue weighted by Crippen LogP contribution is -2.36. The molecule has 0 aliphatic carbocycles. The Labute approximate surface area is 154 Å². The molecule has 1 fully saturated rings. The number of aromatic hydroxyl groups is 1. The largest absolute Gasteiger partial charge is 0.501 e. The van der Waals surface area contributed by atoms with Crippen molar-refractivity contribution in [3.05, 3.63) is 28.3 Å². The zero-order chi connectivity index (χ0) is 19.6. The van der Waals surface area contributed by atoms with Crippen molar-refractivity contribution in [1.82, 2.24) is 9.38 Å². The highest BCUT2D eigenvalue weighted by molar-refractivity contribution is 5.96. The molecule has 2 aromatic heterocycles. The molecule has 0 bridgehead atoms. The Balaban J connectivity index is 2.24. The first-order valence-corrected chi connectivity index (χ1v) is 8.46. The molecule has 27 heavy (non-hydrogen) atoms. The van der Waals surface area contributed by atoms with E-state index in [2.05, 4.69) is 15.0 Å². The summed E-state index contributed by atoms with van der Waals surface area (Å²) in [6.45, 7) is 3.99. The summed E-state index contributed by atoms with van der Waals surface area (Å²) in [7, 11) is 1.12. The average Bonchev–Trinajstić information content (AvgIpc) is 2.70. The number of pyridine rings is 1. The highest BCUT2D eigenvalue weighted by Gasteiger charge is 2.23. The highest BCUT2D eigenvalue weighted by atomic mass is 16.5. The number of methoxy groups -OCH3 is 1. The number of fused-ring (bicyclic) bond motifs is 1. The van der Waals surface area contributed by atoms with Crippen LogP contribution in [-0.4, -0.2) is 59.8 Å². The number of morpholine rings is 1. The van der Waals surface area contributed by atoms with E-state index in [0.29, 0.717) is 32.0 Å². The summed E-state index contributed by atoms with van der Waals surface area (Å²) in [6.07, 6.45) is 1.73. The Bertz CT molecular complexity index is 949. The van der Waals surface area contributed by atoms with Gasteiger partial charge in [0.1, 0.15) is 0 Å². The summed E-state index contributed by atoms with van der Waals surface area (Å²) < 4.78 is 11.0. The summed E-state index contributed by atoms with van der Waals surface area (Å²) in [6, 6.07) is 1.68. The van der Waals surface area contributed by atoms with Crippen molar-refractivity contribution in [3.63, 3.8) is 0 Å². The topological polar surface area (TPSA) is 122 Å². The van der Waals surface area contributed by atoms with Crippen LogP contribution in [0.1, 0.15) is 23.8 Å². The summed E-state index contributed by atoms with van der Waals surface area (Å²) in [5.41, 5.74) is -0.382. The lowest BCUT2D eigenvalue weighted by molar-refractivity contribution is -0.115. The Morgan fingerprint density at radius 3 is 2.70 bits per heavy atom.